The Balaban J connectivity index is 2.13. The van der Waals surface area contributed by atoms with Crippen molar-refractivity contribution >= 4 is 21.7 Å². The highest BCUT2D eigenvalue weighted by atomic mass is 79.9. The number of nitrogens with two attached hydrogens (primary N) is 1. The molecule has 1 heterocycles. The second-order valence-electron chi connectivity index (χ2n) is 3.84. The fourth-order valence-electron chi connectivity index (χ4n) is 2.01. The van der Waals surface area contributed by atoms with E-state index >= 15 is 0 Å². The van der Waals surface area contributed by atoms with Crippen molar-refractivity contribution in [1.29, 1.82) is 0 Å². The van der Waals surface area contributed by atoms with E-state index in [9.17, 15) is 0 Å². The molecule has 0 unspecified atom stereocenters. The Morgan fingerprint density at radius 3 is 2.93 bits per heavy atom. The van der Waals surface area contributed by atoms with Crippen LogP contribution in [0.1, 0.15) is 30.9 Å². The highest BCUT2D eigenvalue weighted by Crippen LogP contribution is 2.35. The lowest BCUT2D eigenvalue weighted by Gasteiger charge is -2.10. The molecule has 1 saturated carbocycles. The van der Waals surface area contributed by atoms with Crippen molar-refractivity contribution in [3.63, 3.8) is 0 Å². The lowest BCUT2D eigenvalue weighted by Crippen LogP contribution is -2.06. The van der Waals surface area contributed by atoms with Crippen LogP contribution in [0.25, 0.3) is 0 Å². The van der Waals surface area contributed by atoms with Gasteiger partial charge in [-0.2, -0.15) is 0 Å². The number of aromatic nitrogens is 2. The second-order valence-corrected chi connectivity index (χ2v) is 4.59. The Morgan fingerprint density at radius 2 is 2.33 bits per heavy atom. The Morgan fingerprint density at radius 1 is 1.53 bits per heavy atom. The van der Waals surface area contributed by atoms with E-state index in [0.717, 1.165) is 25.0 Å². The molecule has 1 aromatic heterocycles. The van der Waals surface area contributed by atoms with Crippen LogP contribution in [0.2, 0.25) is 0 Å². The molecule has 5 heteroatoms. The highest BCUT2D eigenvalue weighted by molar-refractivity contribution is 9.10. The van der Waals surface area contributed by atoms with Crippen molar-refractivity contribution in [2.24, 2.45) is 0 Å². The van der Waals surface area contributed by atoms with Gasteiger partial charge in [-0.05, 0) is 35.2 Å². The molecule has 0 bridgehead atoms. The molecule has 0 amide bonds. The zero-order chi connectivity index (χ0) is 10.8. The van der Waals surface area contributed by atoms with Crippen molar-refractivity contribution in [1.82, 2.24) is 9.97 Å². The number of hydrogen-bond acceptors (Lipinski definition) is 4. The van der Waals surface area contributed by atoms with Crippen LogP contribution in [-0.4, -0.2) is 23.2 Å². The number of halogens is 1. The first kappa shape index (κ1) is 10.8. The molecule has 0 radical (unpaired) electrons. The summed E-state index contributed by atoms with van der Waals surface area (Å²) in [5.74, 6) is 0.902. The Hall–Kier alpha value is -0.680. The van der Waals surface area contributed by atoms with Crippen LogP contribution in [0.3, 0.4) is 0 Å². The van der Waals surface area contributed by atoms with Gasteiger partial charge in [-0.3, -0.25) is 0 Å². The number of ether oxygens (including phenoxy) is 1. The van der Waals surface area contributed by atoms with Crippen LogP contribution in [0.4, 0.5) is 5.82 Å². The fourth-order valence-corrected chi connectivity index (χ4v) is 2.32. The molecule has 0 saturated heterocycles. The lowest BCUT2D eigenvalue weighted by molar-refractivity contribution is 0.108. The van der Waals surface area contributed by atoms with Gasteiger partial charge in [0.15, 0.2) is 5.82 Å². The monoisotopic (exact) mass is 271 g/mol. The van der Waals surface area contributed by atoms with E-state index in [0.29, 0.717) is 22.4 Å². The van der Waals surface area contributed by atoms with Crippen molar-refractivity contribution in [3.05, 3.63) is 16.5 Å². The molecule has 1 aliphatic rings. The minimum absolute atomic E-state index is 0.369. The van der Waals surface area contributed by atoms with Gasteiger partial charge in [-0.1, -0.05) is 0 Å². The van der Waals surface area contributed by atoms with Crippen molar-refractivity contribution in [3.8, 4) is 0 Å². The molecule has 0 spiro atoms. The number of anilines is 1. The minimum Gasteiger partial charge on any atom is -0.381 e. The van der Waals surface area contributed by atoms with Gasteiger partial charge in [0.1, 0.15) is 4.60 Å². The van der Waals surface area contributed by atoms with E-state index in [2.05, 4.69) is 25.9 Å². The largest absolute Gasteiger partial charge is 0.381 e. The number of hydrogen-bond donors (Lipinski definition) is 1. The summed E-state index contributed by atoms with van der Waals surface area (Å²) in [5.41, 5.74) is 6.61. The number of nitrogens with zero attached hydrogens (tertiary/aromatic N) is 2. The first-order chi connectivity index (χ1) is 7.20. The van der Waals surface area contributed by atoms with Crippen LogP contribution in [0, 0.1) is 0 Å². The quantitative estimate of drug-likeness (QED) is 0.895. The fraction of sp³-hybridized carbons (Fsp3) is 0.600. The maximum Gasteiger partial charge on any atom is 0.156 e. The Labute approximate surface area is 97.4 Å². The van der Waals surface area contributed by atoms with Gasteiger partial charge in [-0.15, -0.1) is 0 Å². The zero-order valence-corrected chi connectivity index (χ0v) is 10.2. The predicted octanol–water partition coefficient (Wildman–Crippen LogP) is 2.10. The minimum atomic E-state index is 0.369. The van der Waals surface area contributed by atoms with E-state index in [-0.39, 0.29) is 0 Å². The predicted molar refractivity (Wildman–Crippen MR) is 61.5 cm³/mol. The third-order valence-electron chi connectivity index (χ3n) is 2.91. The third-order valence-corrected chi connectivity index (χ3v) is 3.49. The molecule has 0 aromatic carbocycles. The van der Waals surface area contributed by atoms with E-state index in [1.807, 2.05) is 0 Å². The van der Waals surface area contributed by atoms with Crippen LogP contribution in [0.15, 0.2) is 10.8 Å². The summed E-state index contributed by atoms with van der Waals surface area (Å²) in [6.45, 7) is 0. The van der Waals surface area contributed by atoms with Gasteiger partial charge in [-0.25, -0.2) is 9.97 Å². The number of nitrogen functional groups attached to an aromatic ring is 1. The Bertz CT molecular complexity index is 359. The van der Waals surface area contributed by atoms with E-state index in [1.54, 1.807) is 13.3 Å². The maximum atomic E-state index is 5.60. The number of rotatable bonds is 2. The standard InChI is InChI=1S/C10H14BrN3O/c1-15-7-3-2-6(4-7)8-5-13-10(12)9(11)14-8/h5-7H,2-4H2,1H3,(H2,12,13)/t6-,7-/m1/s1. The third kappa shape index (κ3) is 2.29. The van der Waals surface area contributed by atoms with Crippen LogP contribution >= 0.6 is 15.9 Å². The number of methoxy groups -OCH3 is 1. The molecule has 4 nitrogen and oxygen atoms in total. The van der Waals surface area contributed by atoms with E-state index < -0.39 is 0 Å². The summed E-state index contributed by atoms with van der Waals surface area (Å²) in [7, 11) is 1.76. The van der Waals surface area contributed by atoms with Crippen molar-refractivity contribution in [2.45, 2.75) is 31.3 Å². The van der Waals surface area contributed by atoms with Crippen LogP contribution in [-0.2, 0) is 4.74 Å². The smallest absolute Gasteiger partial charge is 0.156 e. The first-order valence-electron chi connectivity index (χ1n) is 5.01. The van der Waals surface area contributed by atoms with Gasteiger partial charge in [0, 0.05) is 13.0 Å². The van der Waals surface area contributed by atoms with E-state index in [4.69, 9.17) is 10.5 Å². The normalized spacial score (nSPS) is 25.7. The highest BCUT2D eigenvalue weighted by Gasteiger charge is 2.27. The average molecular weight is 272 g/mol. The SMILES string of the molecule is CO[C@@H]1CC[C@@H](c2cnc(N)c(Br)n2)C1. The summed E-state index contributed by atoms with van der Waals surface area (Å²) in [5, 5.41) is 0. The molecule has 1 aromatic rings. The summed E-state index contributed by atoms with van der Waals surface area (Å²) in [6.07, 6.45) is 5.38. The summed E-state index contributed by atoms with van der Waals surface area (Å²) in [6, 6.07) is 0. The lowest BCUT2D eigenvalue weighted by atomic mass is 10.0. The molecule has 15 heavy (non-hydrogen) atoms. The maximum absolute atomic E-state index is 5.60. The van der Waals surface area contributed by atoms with Gasteiger partial charge in [0.05, 0.1) is 18.0 Å². The zero-order valence-electron chi connectivity index (χ0n) is 8.61. The first-order valence-corrected chi connectivity index (χ1v) is 5.80. The Kier molecular flexibility index (Phi) is 3.21. The van der Waals surface area contributed by atoms with Crippen LogP contribution in [0.5, 0.6) is 0 Å². The van der Waals surface area contributed by atoms with Gasteiger partial charge in [0.25, 0.3) is 0 Å². The van der Waals surface area contributed by atoms with Gasteiger partial charge < -0.3 is 10.5 Å². The topological polar surface area (TPSA) is 61.0 Å². The molecule has 2 N–H and O–H groups in total. The molecular weight excluding hydrogens is 258 g/mol. The molecular formula is C10H14BrN3O. The average Bonchev–Trinajstić information content (AvgIpc) is 2.70. The molecule has 1 aliphatic carbocycles. The summed E-state index contributed by atoms with van der Waals surface area (Å²) in [4.78, 5) is 8.50. The summed E-state index contributed by atoms with van der Waals surface area (Å²) < 4.78 is 5.97. The second kappa shape index (κ2) is 4.45. The molecule has 2 atom stereocenters. The molecule has 2 rings (SSSR count). The molecule has 0 aliphatic heterocycles. The van der Waals surface area contributed by atoms with E-state index in [1.165, 1.54) is 0 Å². The van der Waals surface area contributed by atoms with Crippen molar-refractivity contribution in [2.75, 3.05) is 12.8 Å². The molecule has 82 valence electrons. The van der Waals surface area contributed by atoms with Gasteiger partial charge in [0.2, 0.25) is 0 Å². The van der Waals surface area contributed by atoms with Crippen molar-refractivity contribution < 1.29 is 4.74 Å². The van der Waals surface area contributed by atoms with Crippen LogP contribution < -0.4 is 5.73 Å². The van der Waals surface area contributed by atoms with Gasteiger partial charge >= 0.3 is 0 Å². The summed E-state index contributed by atoms with van der Waals surface area (Å²) >= 11 is 3.30. The molecule has 1 fully saturated rings.